The summed E-state index contributed by atoms with van der Waals surface area (Å²) in [5, 5.41) is 3.32. The third-order valence-electron chi connectivity index (χ3n) is 5.55. The van der Waals surface area contributed by atoms with E-state index in [4.69, 9.17) is 0 Å². The van der Waals surface area contributed by atoms with Crippen molar-refractivity contribution in [1.82, 2.24) is 20.0 Å². The summed E-state index contributed by atoms with van der Waals surface area (Å²) in [5.41, 5.74) is 0. The van der Waals surface area contributed by atoms with Gasteiger partial charge in [0.1, 0.15) is 0 Å². The van der Waals surface area contributed by atoms with Crippen molar-refractivity contribution in [3.63, 3.8) is 0 Å². The molecule has 0 aromatic carbocycles. The highest BCUT2D eigenvalue weighted by Gasteiger charge is 2.38. The maximum Gasteiger partial charge on any atom is 0.228 e. The van der Waals surface area contributed by atoms with Crippen molar-refractivity contribution in [2.75, 3.05) is 52.4 Å². The quantitative estimate of drug-likeness (QED) is 0.800. The van der Waals surface area contributed by atoms with Gasteiger partial charge in [-0.2, -0.15) is 0 Å². The van der Waals surface area contributed by atoms with E-state index in [0.29, 0.717) is 19.0 Å². The Balaban J connectivity index is 1.55. The highest BCUT2D eigenvalue weighted by Crippen LogP contribution is 2.24. The van der Waals surface area contributed by atoms with Crippen LogP contribution in [0.15, 0.2) is 0 Å². The van der Waals surface area contributed by atoms with Crippen molar-refractivity contribution < 1.29 is 9.59 Å². The van der Waals surface area contributed by atoms with Crippen LogP contribution in [0.2, 0.25) is 0 Å². The molecule has 23 heavy (non-hydrogen) atoms. The molecule has 3 aliphatic heterocycles. The molecular weight excluding hydrogens is 292 g/mol. The Morgan fingerprint density at radius 2 is 2.09 bits per heavy atom. The molecule has 6 heteroatoms. The molecular formula is C17H30N4O2. The first-order chi connectivity index (χ1) is 11.2. The lowest BCUT2D eigenvalue weighted by atomic mass is 10.1. The second kappa shape index (κ2) is 7.62. The van der Waals surface area contributed by atoms with E-state index >= 15 is 0 Å². The van der Waals surface area contributed by atoms with E-state index in [1.165, 1.54) is 12.8 Å². The molecule has 6 nitrogen and oxygen atoms in total. The summed E-state index contributed by atoms with van der Waals surface area (Å²) in [4.78, 5) is 31.4. The number of carbonyl (C=O) groups is 2. The number of hydrogen-bond donors (Lipinski definition) is 1. The van der Waals surface area contributed by atoms with Gasteiger partial charge in [-0.05, 0) is 38.9 Å². The van der Waals surface area contributed by atoms with Gasteiger partial charge in [0.05, 0.1) is 5.92 Å². The summed E-state index contributed by atoms with van der Waals surface area (Å²) in [6.45, 7) is 9.25. The van der Waals surface area contributed by atoms with E-state index in [2.05, 4.69) is 17.1 Å². The SMILES string of the molecule is CCN1CCCC1CN1CC(C(=O)N2CCCNCC2)CC1=O. The molecule has 3 rings (SSSR count). The van der Waals surface area contributed by atoms with E-state index in [1.54, 1.807) is 0 Å². The second-order valence-electron chi connectivity index (χ2n) is 7.05. The van der Waals surface area contributed by atoms with Crippen molar-refractivity contribution in [1.29, 1.82) is 0 Å². The van der Waals surface area contributed by atoms with Crippen LogP contribution in [0.25, 0.3) is 0 Å². The van der Waals surface area contributed by atoms with Gasteiger partial charge in [-0.1, -0.05) is 6.92 Å². The Morgan fingerprint density at radius 3 is 2.91 bits per heavy atom. The molecule has 0 bridgehead atoms. The summed E-state index contributed by atoms with van der Waals surface area (Å²) >= 11 is 0. The Kier molecular flexibility index (Phi) is 5.54. The van der Waals surface area contributed by atoms with Crippen molar-refractivity contribution >= 4 is 11.8 Å². The fraction of sp³-hybridized carbons (Fsp3) is 0.882. The lowest BCUT2D eigenvalue weighted by Gasteiger charge is -2.28. The van der Waals surface area contributed by atoms with Gasteiger partial charge >= 0.3 is 0 Å². The predicted molar refractivity (Wildman–Crippen MR) is 89.0 cm³/mol. The lowest BCUT2D eigenvalue weighted by molar-refractivity contribution is -0.135. The fourth-order valence-electron chi connectivity index (χ4n) is 4.21. The van der Waals surface area contributed by atoms with Gasteiger partial charge in [0.2, 0.25) is 11.8 Å². The van der Waals surface area contributed by atoms with Crippen molar-refractivity contribution in [2.24, 2.45) is 5.92 Å². The standard InChI is InChI=1S/C17H30N4O2/c1-2-19-8-3-5-15(19)13-21-12-14(11-16(21)22)17(23)20-9-4-6-18-7-10-20/h14-15,18H,2-13H2,1H3. The summed E-state index contributed by atoms with van der Waals surface area (Å²) < 4.78 is 0. The van der Waals surface area contributed by atoms with E-state index in [9.17, 15) is 9.59 Å². The van der Waals surface area contributed by atoms with Gasteiger partial charge in [-0.3, -0.25) is 14.5 Å². The van der Waals surface area contributed by atoms with Crippen molar-refractivity contribution in [3.05, 3.63) is 0 Å². The molecule has 2 unspecified atom stereocenters. The van der Waals surface area contributed by atoms with Crippen molar-refractivity contribution in [3.8, 4) is 0 Å². The molecule has 0 spiro atoms. The third kappa shape index (κ3) is 3.86. The molecule has 3 heterocycles. The largest absolute Gasteiger partial charge is 0.341 e. The predicted octanol–water partition coefficient (Wildman–Crippen LogP) is 0.141. The summed E-state index contributed by atoms with van der Waals surface area (Å²) in [7, 11) is 0. The molecule has 3 fully saturated rings. The number of nitrogens with zero attached hydrogens (tertiary/aromatic N) is 3. The Hall–Kier alpha value is -1.14. The van der Waals surface area contributed by atoms with Crippen LogP contribution in [0, 0.1) is 5.92 Å². The van der Waals surface area contributed by atoms with E-state index in [0.717, 1.165) is 52.2 Å². The van der Waals surface area contributed by atoms with Crippen LogP contribution >= 0.6 is 0 Å². The first-order valence-electron chi connectivity index (χ1n) is 9.20. The Labute approximate surface area is 139 Å². The van der Waals surface area contributed by atoms with Crippen molar-refractivity contribution in [2.45, 2.75) is 38.6 Å². The molecule has 3 saturated heterocycles. The minimum atomic E-state index is -0.128. The molecule has 0 aliphatic carbocycles. The number of nitrogens with one attached hydrogen (secondary N) is 1. The summed E-state index contributed by atoms with van der Waals surface area (Å²) in [6, 6.07) is 0.486. The van der Waals surface area contributed by atoms with Crippen LogP contribution < -0.4 is 5.32 Å². The molecule has 2 atom stereocenters. The maximum atomic E-state index is 12.7. The van der Waals surface area contributed by atoms with Crippen LogP contribution in [0.4, 0.5) is 0 Å². The number of amides is 2. The lowest BCUT2D eigenvalue weighted by Crippen LogP contribution is -2.42. The zero-order valence-electron chi connectivity index (χ0n) is 14.3. The first-order valence-corrected chi connectivity index (χ1v) is 9.20. The fourth-order valence-corrected chi connectivity index (χ4v) is 4.21. The zero-order valence-corrected chi connectivity index (χ0v) is 14.3. The Bertz CT molecular complexity index is 434. The number of carbonyl (C=O) groups excluding carboxylic acids is 2. The number of rotatable bonds is 4. The first kappa shape index (κ1) is 16.7. The summed E-state index contributed by atoms with van der Waals surface area (Å²) in [6.07, 6.45) is 3.81. The van der Waals surface area contributed by atoms with Crippen LogP contribution in [-0.2, 0) is 9.59 Å². The zero-order chi connectivity index (χ0) is 16.2. The molecule has 0 aromatic rings. The van der Waals surface area contributed by atoms with E-state index in [1.807, 2.05) is 9.80 Å². The number of likely N-dealkylation sites (N-methyl/N-ethyl adjacent to an activating group) is 1. The van der Waals surface area contributed by atoms with Gasteiger partial charge in [-0.25, -0.2) is 0 Å². The maximum absolute atomic E-state index is 12.7. The highest BCUT2D eigenvalue weighted by molar-refractivity contribution is 5.89. The van der Waals surface area contributed by atoms with E-state index < -0.39 is 0 Å². The molecule has 0 saturated carbocycles. The van der Waals surface area contributed by atoms with Gasteiger partial charge < -0.3 is 15.1 Å². The minimum absolute atomic E-state index is 0.128. The van der Waals surface area contributed by atoms with Crippen LogP contribution in [0.5, 0.6) is 0 Å². The molecule has 130 valence electrons. The average Bonchev–Trinajstić information content (AvgIpc) is 3.04. The summed E-state index contributed by atoms with van der Waals surface area (Å²) in [5.74, 6) is 0.222. The minimum Gasteiger partial charge on any atom is -0.341 e. The van der Waals surface area contributed by atoms with Gasteiger partial charge in [0.25, 0.3) is 0 Å². The number of likely N-dealkylation sites (tertiary alicyclic amines) is 2. The van der Waals surface area contributed by atoms with Crippen LogP contribution in [-0.4, -0.2) is 84.9 Å². The number of hydrogen-bond acceptors (Lipinski definition) is 4. The Morgan fingerprint density at radius 1 is 1.22 bits per heavy atom. The van der Waals surface area contributed by atoms with Gasteiger partial charge in [0, 0.05) is 45.2 Å². The molecule has 0 aromatic heterocycles. The molecule has 3 aliphatic rings. The van der Waals surface area contributed by atoms with E-state index in [-0.39, 0.29) is 17.7 Å². The second-order valence-corrected chi connectivity index (χ2v) is 7.05. The molecule has 0 radical (unpaired) electrons. The van der Waals surface area contributed by atoms with Gasteiger partial charge in [0.15, 0.2) is 0 Å². The molecule has 1 N–H and O–H groups in total. The highest BCUT2D eigenvalue weighted by atomic mass is 16.2. The smallest absolute Gasteiger partial charge is 0.228 e. The normalized spacial score (nSPS) is 30.0. The topological polar surface area (TPSA) is 55.9 Å². The van der Waals surface area contributed by atoms with Gasteiger partial charge in [-0.15, -0.1) is 0 Å². The third-order valence-corrected chi connectivity index (χ3v) is 5.55. The monoisotopic (exact) mass is 322 g/mol. The van der Waals surface area contributed by atoms with Crippen LogP contribution in [0.1, 0.15) is 32.6 Å². The molecule has 2 amide bonds. The van der Waals surface area contributed by atoms with Crippen LogP contribution in [0.3, 0.4) is 0 Å². The average molecular weight is 322 g/mol.